The van der Waals surface area contributed by atoms with Crippen molar-refractivity contribution in [2.45, 2.75) is 39.0 Å². The number of aliphatic hydroxyl groups is 1. The van der Waals surface area contributed by atoms with E-state index in [1.54, 1.807) is 30.9 Å². The Labute approximate surface area is 188 Å². The number of hydrogen-bond donors (Lipinski definition) is 2. The Morgan fingerprint density at radius 3 is 2.70 bits per heavy atom. The number of fused-ring (bicyclic) bond motifs is 2. The topological polar surface area (TPSA) is 104 Å². The molecule has 0 aliphatic carbocycles. The predicted molar refractivity (Wildman–Crippen MR) is 121 cm³/mol. The monoisotopic (exact) mass is 454 g/mol. The van der Waals surface area contributed by atoms with Crippen LogP contribution in [0.3, 0.4) is 0 Å². The predicted octanol–water partition coefficient (Wildman–Crippen LogP) is 2.91. The number of benzene rings is 1. The molecule has 2 N–H and O–H groups in total. The fourth-order valence-electron chi connectivity index (χ4n) is 3.80. The van der Waals surface area contributed by atoms with Crippen LogP contribution in [0.2, 0.25) is 0 Å². The third-order valence-corrected chi connectivity index (χ3v) is 5.45. The Balaban J connectivity index is 1.62. The number of halogens is 2. The number of aryl methyl sites for hydroxylation is 1. The van der Waals surface area contributed by atoms with Crippen LogP contribution in [0.1, 0.15) is 26.0 Å². The molecule has 1 aromatic carbocycles. The van der Waals surface area contributed by atoms with Gasteiger partial charge in [0.25, 0.3) is 0 Å². The molecular formula is C22H24F2N8O. The van der Waals surface area contributed by atoms with E-state index in [1.165, 1.54) is 16.6 Å². The summed E-state index contributed by atoms with van der Waals surface area (Å²) in [4.78, 5) is 20.0. The Bertz CT molecular complexity index is 1350. The zero-order chi connectivity index (χ0) is 23.3. The molecule has 1 aliphatic heterocycles. The second-order valence-corrected chi connectivity index (χ2v) is 8.94. The number of rotatable bonds is 5. The van der Waals surface area contributed by atoms with Gasteiger partial charge in [-0.05, 0) is 39.3 Å². The highest BCUT2D eigenvalue weighted by Crippen LogP contribution is 2.26. The zero-order valence-electron chi connectivity index (χ0n) is 18.5. The molecule has 1 aliphatic rings. The van der Waals surface area contributed by atoms with Crippen molar-refractivity contribution < 1.29 is 13.9 Å². The van der Waals surface area contributed by atoms with E-state index in [0.29, 0.717) is 58.6 Å². The quantitative estimate of drug-likeness (QED) is 0.474. The highest BCUT2D eigenvalue weighted by molar-refractivity contribution is 5.78. The minimum atomic E-state index is -0.990. The number of anilines is 2. The molecule has 11 heteroatoms. The van der Waals surface area contributed by atoms with E-state index >= 15 is 0 Å². The minimum absolute atomic E-state index is 0.216. The van der Waals surface area contributed by atoms with Crippen LogP contribution < -0.4 is 10.2 Å². The highest BCUT2D eigenvalue weighted by atomic mass is 19.1. The summed E-state index contributed by atoms with van der Waals surface area (Å²) in [6.45, 7) is 6.12. The number of nitrogens with zero attached hydrogens (tertiary/aromatic N) is 7. The van der Waals surface area contributed by atoms with Gasteiger partial charge in [-0.25, -0.2) is 18.7 Å². The summed E-state index contributed by atoms with van der Waals surface area (Å²) in [7, 11) is 0. The largest absolute Gasteiger partial charge is 0.389 e. The normalized spacial score (nSPS) is 16.8. The van der Waals surface area contributed by atoms with Crippen molar-refractivity contribution in [2.24, 2.45) is 0 Å². The molecule has 33 heavy (non-hydrogen) atoms. The third kappa shape index (κ3) is 4.28. The van der Waals surface area contributed by atoms with Gasteiger partial charge in [0, 0.05) is 25.2 Å². The molecule has 4 heterocycles. The third-order valence-electron chi connectivity index (χ3n) is 5.45. The van der Waals surface area contributed by atoms with Gasteiger partial charge >= 0.3 is 0 Å². The molecule has 4 aromatic rings. The van der Waals surface area contributed by atoms with E-state index in [2.05, 4.69) is 30.4 Å². The second-order valence-electron chi connectivity index (χ2n) is 8.94. The molecule has 1 atom stereocenters. The van der Waals surface area contributed by atoms with Gasteiger partial charge < -0.3 is 15.3 Å². The van der Waals surface area contributed by atoms with E-state index in [1.807, 2.05) is 6.92 Å². The Kier molecular flexibility index (Phi) is 5.08. The van der Waals surface area contributed by atoms with Gasteiger partial charge in [-0.3, -0.25) is 0 Å². The van der Waals surface area contributed by atoms with Crippen molar-refractivity contribution in [2.75, 3.05) is 29.9 Å². The summed E-state index contributed by atoms with van der Waals surface area (Å²) in [5, 5.41) is 17.9. The Hall–Kier alpha value is -3.47. The van der Waals surface area contributed by atoms with Crippen molar-refractivity contribution in [1.29, 1.82) is 0 Å². The van der Waals surface area contributed by atoms with E-state index < -0.39 is 17.6 Å². The average Bonchev–Trinajstić information content (AvgIpc) is 3.37. The smallest absolute Gasteiger partial charge is 0.230 e. The molecule has 0 amide bonds. The van der Waals surface area contributed by atoms with Gasteiger partial charge in [0.2, 0.25) is 11.9 Å². The summed E-state index contributed by atoms with van der Waals surface area (Å²) in [5.41, 5.74) is 2.13. The first-order valence-corrected chi connectivity index (χ1v) is 10.7. The first-order chi connectivity index (χ1) is 15.7. The number of nitrogens with one attached hydrogen (secondary N) is 1. The molecule has 0 saturated carbocycles. The molecule has 1 saturated heterocycles. The van der Waals surface area contributed by atoms with E-state index in [0.717, 1.165) is 0 Å². The van der Waals surface area contributed by atoms with Gasteiger partial charge in [-0.1, -0.05) is 0 Å². The zero-order valence-corrected chi connectivity index (χ0v) is 18.5. The van der Waals surface area contributed by atoms with Crippen molar-refractivity contribution in [1.82, 2.24) is 29.5 Å². The van der Waals surface area contributed by atoms with Crippen LogP contribution >= 0.6 is 0 Å². The number of hydrogen-bond acceptors (Lipinski definition) is 8. The van der Waals surface area contributed by atoms with Crippen LogP contribution in [0.5, 0.6) is 0 Å². The summed E-state index contributed by atoms with van der Waals surface area (Å²) >= 11 is 0. The molecule has 9 nitrogen and oxygen atoms in total. The van der Waals surface area contributed by atoms with Crippen molar-refractivity contribution in [3.8, 4) is 11.4 Å². The summed E-state index contributed by atoms with van der Waals surface area (Å²) in [5.74, 6) is 0.353. The van der Waals surface area contributed by atoms with Crippen molar-refractivity contribution >= 4 is 28.6 Å². The molecule has 0 unspecified atom stereocenters. The van der Waals surface area contributed by atoms with Gasteiger partial charge in [0.15, 0.2) is 5.65 Å². The molecular weight excluding hydrogens is 430 g/mol. The lowest BCUT2D eigenvalue weighted by Gasteiger charge is -2.20. The highest BCUT2D eigenvalue weighted by Gasteiger charge is 2.26. The second kappa shape index (κ2) is 7.84. The molecule has 0 spiro atoms. The van der Waals surface area contributed by atoms with E-state index in [-0.39, 0.29) is 13.1 Å². The lowest BCUT2D eigenvalue weighted by atomic mass is 10.1. The van der Waals surface area contributed by atoms with E-state index in [4.69, 9.17) is 0 Å². The molecule has 1 fully saturated rings. The van der Waals surface area contributed by atoms with Gasteiger partial charge in [0.1, 0.15) is 23.4 Å². The molecule has 5 rings (SSSR count). The van der Waals surface area contributed by atoms with Crippen LogP contribution in [0.25, 0.3) is 28.1 Å². The Morgan fingerprint density at radius 1 is 1.15 bits per heavy atom. The van der Waals surface area contributed by atoms with Crippen LogP contribution in [-0.2, 0) is 0 Å². The summed E-state index contributed by atoms with van der Waals surface area (Å²) < 4.78 is 29.0. The van der Waals surface area contributed by atoms with Gasteiger partial charge in [0.05, 0.1) is 28.9 Å². The van der Waals surface area contributed by atoms with E-state index in [9.17, 15) is 13.9 Å². The SMILES string of the molecule is Cc1nc2ccc(F)cc2nc1-c1cc2nc(N3CC[C@H](F)C3)nc(NCC(C)(C)O)n2n1. The summed E-state index contributed by atoms with van der Waals surface area (Å²) in [6.07, 6.45) is -0.498. The fourth-order valence-corrected chi connectivity index (χ4v) is 3.80. The first kappa shape index (κ1) is 21.4. The lowest BCUT2D eigenvalue weighted by molar-refractivity contribution is 0.0942. The molecule has 3 aromatic heterocycles. The maximum Gasteiger partial charge on any atom is 0.230 e. The Morgan fingerprint density at radius 2 is 1.97 bits per heavy atom. The van der Waals surface area contributed by atoms with Crippen molar-refractivity contribution in [3.63, 3.8) is 0 Å². The fraction of sp³-hybridized carbons (Fsp3) is 0.409. The number of aromatic nitrogens is 6. The lowest BCUT2D eigenvalue weighted by Crippen LogP contribution is -2.31. The van der Waals surface area contributed by atoms with Crippen LogP contribution in [-0.4, -0.2) is 66.1 Å². The molecule has 0 bridgehead atoms. The standard InChI is InChI=1S/C22H24F2N8O/c1-12-19(27-16-8-13(23)4-5-15(16)26-12)17-9-18-28-21(31-7-6-14(24)10-31)29-20(32(18)30-17)25-11-22(2,3)33/h4-5,8-9,14,33H,6-7,10-11H2,1-3H3,(H,25,28,29)/t14-/m0/s1. The average molecular weight is 454 g/mol. The maximum atomic E-state index is 13.8. The first-order valence-electron chi connectivity index (χ1n) is 10.7. The molecule has 172 valence electrons. The van der Waals surface area contributed by atoms with Crippen LogP contribution in [0.4, 0.5) is 20.7 Å². The number of alkyl halides is 1. The summed E-state index contributed by atoms with van der Waals surface area (Å²) in [6, 6.07) is 6.00. The van der Waals surface area contributed by atoms with Crippen LogP contribution in [0, 0.1) is 12.7 Å². The minimum Gasteiger partial charge on any atom is -0.389 e. The van der Waals surface area contributed by atoms with Gasteiger partial charge in [-0.15, -0.1) is 0 Å². The van der Waals surface area contributed by atoms with Gasteiger partial charge in [-0.2, -0.15) is 19.6 Å². The van der Waals surface area contributed by atoms with Crippen LogP contribution in [0.15, 0.2) is 24.3 Å². The molecule has 0 radical (unpaired) electrons. The van der Waals surface area contributed by atoms with Crippen molar-refractivity contribution in [3.05, 3.63) is 35.8 Å². The maximum absolute atomic E-state index is 13.8.